The topological polar surface area (TPSA) is 3.24 Å². The lowest BCUT2D eigenvalue weighted by Crippen LogP contribution is -2.33. The van der Waals surface area contributed by atoms with E-state index >= 15 is 0 Å². The quantitative estimate of drug-likeness (QED) is 0.587. The molecule has 1 saturated heterocycles. The third kappa shape index (κ3) is 0.955. The summed E-state index contributed by atoms with van der Waals surface area (Å²) < 4.78 is 0.393. The summed E-state index contributed by atoms with van der Waals surface area (Å²) >= 11 is 4.73. The number of nitrogens with zero attached hydrogens (tertiary/aromatic N) is 1. The zero-order valence-electron chi connectivity index (χ0n) is 7.54. The van der Waals surface area contributed by atoms with Gasteiger partial charge in [0.25, 0.3) is 0 Å². The Morgan fingerprint density at radius 3 is 2.55 bits per heavy atom. The second-order valence-corrected chi connectivity index (χ2v) is 5.24. The minimum atomic E-state index is 0.393. The molecule has 2 fully saturated rings. The highest BCUT2D eigenvalue weighted by molar-refractivity contribution is 7.82. The van der Waals surface area contributed by atoms with Crippen LogP contribution in [0.4, 0.5) is 0 Å². The van der Waals surface area contributed by atoms with Crippen LogP contribution < -0.4 is 0 Å². The van der Waals surface area contributed by atoms with Crippen LogP contribution in [0, 0.1) is 11.8 Å². The van der Waals surface area contributed by atoms with Gasteiger partial charge in [0.1, 0.15) is 0 Å². The average Bonchev–Trinajstić information content (AvgIpc) is 2.34. The van der Waals surface area contributed by atoms with Crippen LogP contribution in [0.15, 0.2) is 0 Å². The zero-order chi connectivity index (χ0) is 8.22. The highest BCUT2D eigenvalue weighted by atomic mass is 32.1. The molecule has 11 heavy (non-hydrogen) atoms. The van der Waals surface area contributed by atoms with Gasteiger partial charge in [0.05, 0.1) is 0 Å². The van der Waals surface area contributed by atoms with Crippen LogP contribution in [-0.2, 0) is 0 Å². The van der Waals surface area contributed by atoms with Crippen molar-refractivity contribution in [2.24, 2.45) is 11.8 Å². The van der Waals surface area contributed by atoms with Gasteiger partial charge in [-0.2, -0.15) is 12.6 Å². The monoisotopic (exact) mass is 171 g/mol. The Bertz CT molecular complexity index is 180. The number of likely N-dealkylation sites (tertiary alicyclic amines) is 1. The Balaban J connectivity index is 2.00. The maximum atomic E-state index is 4.73. The van der Waals surface area contributed by atoms with Gasteiger partial charge in [-0.05, 0) is 25.7 Å². The number of piperidine rings is 1. The fraction of sp³-hybridized carbons (Fsp3) is 1.00. The van der Waals surface area contributed by atoms with Crippen molar-refractivity contribution in [2.75, 3.05) is 13.1 Å². The van der Waals surface area contributed by atoms with Gasteiger partial charge in [0, 0.05) is 23.9 Å². The molecule has 1 nitrogen and oxygen atoms in total. The number of hydrogen-bond acceptors (Lipinski definition) is 2. The summed E-state index contributed by atoms with van der Waals surface area (Å²) in [7, 11) is 0. The molecule has 1 heterocycles. The second-order valence-electron chi connectivity index (χ2n) is 4.41. The summed E-state index contributed by atoms with van der Waals surface area (Å²) in [4.78, 5) is 2.54. The molecule has 0 amide bonds. The molecular formula is C9H17NS. The first-order valence-electron chi connectivity index (χ1n) is 4.52. The largest absolute Gasteiger partial charge is 0.299 e. The van der Waals surface area contributed by atoms with Crippen LogP contribution >= 0.6 is 12.6 Å². The minimum absolute atomic E-state index is 0.393. The summed E-state index contributed by atoms with van der Waals surface area (Å²) in [5, 5.41) is 0. The molecule has 3 atom stereocenters. The van der Waals surface area contributed by atoms with E-state index < -0.39 is 0 Å². The highest BCUT2D eigenvalue weighted by Crippen LogP contribution is 2.59. The molecule has 0 radical (unpaired) electrons. The summed E-state index contributed by atoms with van der Waals surface area (Å²) in [6, 6.07) is 0.707. The van der Waals surface area contributed by atoms with Crippen molar-refractivity contribution < 1.29 is 0 Å². The fourth-order valence-electron chi connectivity index (χ4n) is 2.32. The van der Waals surface area contributed by atoms with Crippen molar-refractivity contribution >= 4 is 12.6 Å². The lowest BCUT2D eigenvalue weighted by Gasteiger charge is -2.24. The van der Waals surface area contributed by atoms with Crippen molar-refractivity contribution in [1.29, 1.82) is 0 Å². The molecule has 0 spiro atoms. The predicted octanol–water partition coefficient (Wildman–Crippen LogP) is 1.64. The molecule has 2 aliphatic rings. The molecule has 0 aromatic rings. The molecular weight excluding hydrogens is 154 g/mol. The lowest BCUT2D eigenvalue weighted by atomic mass is 10.2. The van der Waals surface area contributed by atoms with Crippen molar-refractivity contribution in [2.45, 2.75) is 31.6 Å². The third-order valence-electron chi connectivity index (χ3n) is 3.54. The normalized spacial score (nSPS) is 49.9. The first-order chi connectivity index (χ1) is 5.05. The zero-order valence-corrected chi connectivity index (χ0v) is 8.44. The first-order valence-corrected chi connectivity index (χ1v) is 4.97. The standard InChI is InChI=1S/C9H17NS/c1-6(2)10-4-8-7(3)9(8,11)5-10/h6-8,11H,4-5H2,1-3H3/t7-,8?,9?/m1/s1. The number of hydrogen-bond donors (Lipinski definition) is 1. The van der Waals surface area contributed by atoms with Gasteiger partial charge >= 0.3 is 0 Å². The average molecular weight is 171 g/mol. The Morgan fingerprint density at radius 1 is 1.55 bits per heavy atom. The van der Waals surface area contributed by atoms with Crippen LogP contribution in [0.3, 0.4) is 0 Å². The molecule has 2 unspecified atom stereocenters. The van der Waals surface area contributed by atoms with E-state index in [1.165, 1.54) is 13.1 Å². The van der Waals surface area contributed by atoms with E-state index in [1.54, 1.807) is 0 Å². The van der Waals surface area contributed by atoms with Crippen LogP contribution in [0.25, 0.3) is 0 Å². The smallest absolute Gasteiger partial charge is 0.0329 e. The number of fused-ring (bicyclic) bond motifs is 1. The Hall–Kier alpha value is 0.310. The summed E-state index contributed by atoms with van der Waals surface area (Å²) in [6.45, 7) is 9.36. The highest BCUT2D eigenvalue weighted by Gasteiger charge is 2.64. The molecule has 64 valence electrons. The molecule has 1 aliphatic heterocycles. The van der Waals surface area contributed by atoms with Gasteiger partial charge in [-0.15, -0.1) is 0 Å². The lowest BCUT2D eigenvalue weighted by molar-refractivity contribution is 0.240. The van der Waals surface area contributed by atoms with E-state index in [0.29, 0.717) is 10.8 Å². The van der Waals surface area contributed by atoms with E-state index in [-0.39, 0.29) is 0 Å². The second kappa shape index (κ2) is 2.17. The Kier molecular flexibility index (Phi) is 1.56. The van der Waals surface area contributed by atoms with Crippen molar-refractivity contribution in [3.8, 4) is 0 Å². The molecule has 0 N–H and O–H groups in total. The molecule has 2 heteroatoms. The number of rotatable bonds is 1. The van der Waals surface area contributed by atoms with Gasteiger partial charge < -0.3 is 0 Å². The van der Waals surface area contributed by atoms with Gasteiger partial charge in [-0.1, -0.05) is 6.92 Å². The van der Waals surface area contributed by atoms with Crippen molar-refractivity contribution in [3.63, 3.8) is 0 Å². The number of thiol groups is 1. The van der Waals surface area contributed by atoms with E-state index in [2.05, 4.69) is 25.7 Å². The summed E-state index contributed by atoms with van der Waals surface area (Å²) in [5.41, 5.74) is 0. The van der Waals surface area contributed by atoms with E-state index in [4.69, 9.17) is 12.6 Å². The van der Waals surface area contributed by atoms with Crippen LogP contribution in [0.1, 0.15) is 20.8 Å². The van der Waals surface area contributed by atoms with E-state index in [9.17, 15) is 0 Å². The predicted molar refractivity (Wildman–Crippen MR) is 51.1 cm³/mol. The van der Waals surface area contributed by atoms with Crippen molar-refractivity contribution in [1.82, 2.24) is 4.90 Å². The molecule has 1 aliphatic carbocycles. The molecule has 0 aromatic heterocycles. The Morgan fingerprint density at radius 2 is 2.18 bits per heavy atom. The summed E-state index contributed by atoms with van der Waals surface area (Å²) in [5.74, 6) is 1.74. The van der Waals surface area contributed by atoms with Crippen LogP contribution in [0.2, 0.25) is 0 Å². The minimum Gasteiger partial charge on any atom is -0.299 e. The molecule has 2 rings (SSSR count). The molecule has 1 saturated carbocycles. The maximum absolute atomic E-state index is 4.73. The SMILES string of the molecule is CC(C)N1CC2[C@@H](C)C2(S)C1. The van der Waals surface area contributed by atoms with E-state index in [1.807, 2.05) is 0 Å². The van der Waals surface area contributed by atoms with Crippen molar-refractivity contribution in [3.05, 3.63) is 0 Å². The van der Waals surface area contributed by atoms with E-state index in [0.717, 1.165) is 11.8 Å². The maximum Gasteiger partial charge on any atom is 0.0329 e. The van der Waals surface area contributed by atoms with Gasteiger partial charge in [0.2, 0.25) is 0 Å². The fourth-order valence-corrected chi connectivity index (χ4v) is 2.91. The van der Waals surface area contributed by atoms with Gasteiger partial charge in [-0.3, -0.25) is 4.90 Å². The molecule has 0 bridgehead atoms. The first kappa shape index (κ1) is 7.93. The van der Waals surface area contributed by atoms with Gasteiger partial charge in [0.15, 0.2) is 0 Å². The molecule has 0 aromatic carbocycles. The van der Waals surface area contributed by atoms with Crippen LogP contribution in [-0.4, -0.2) is 28.8 Å². The Labute approximate surface area is 74.6 Å². The summed E-state index contributed by atoms with van der Waals surface area (Å²) in [6.07, 6.45) is 0. The van der Waals surface area contributed by atoms with Gasteiger partial charge in [-0.25, -0.2) is 0 Å². The third-order valence-corrected chi connectivity index (χ3v) is 4.42. The van der Waals surface area contributed by atoms with Crippen LogP contribution in [0.5, 0.6) is 0 Å².